The average molecular weight is 163 g/mol. The Labute approximate surface area is 72.5 Å². The number of nitrogens with zero attached hydrogens (tertiary/aromatic N) is 1. The normalized spacial score (nSPS) is 43.3. The predicted octanol–water partition coefficient (Wildman–Crippen LogP) is 1.33. The molecule has 64 valence electrons. The summed E-state index contributed by atoms with van der Waals surface area (Å²) in [6.07, 6.45) is 6.20. The molecule has 0 spiro atoms. The average Bonchev–Trinajstić information content (AvgIpc) is 2.64. The van der Waals surface area contributed by atoms with Crippen LogP contribution in [0.4, 0.5) is 0 Å². The number of fused-ring (bicyclic) bond motifs is 2. The van der Waals surface area contributed by atoms with E-state index in [4.69, 9.17) is 10.4 Å². The summed E-state index contributed by atoms with van der Waals surface area (Å²) in [6, 6.07) is 2.21. The number of aliphatic hydroxyl groups is 1. The summed E-state index contributed by atoms with van der Waals surface area (Å²) in [4.78, 5) is 0. The molecule has 2 aliphatic rings. The first-order valence-corrected chi connectivity index (χ1v) is 4.53. The molecular weight excluding hydrogens is 150 g/mol. The van der Waals surface area contributed by atoms with Gasteiger partial charge in [-0.15, -0.1) is 0 Å². The number of rotatable bonds is 2. The maximum atomic E-state index is 9.14. The largest absolute Gasteiger partial charge is 0.396 e. The van der Waals surface area contributed by atoms with E-state index >= 15 is 0 Å². The van der Waals surface area contributed by atoms with E-state index in [0.717, 1.165) is 6.42 Å². The molecule has 2 heteroatoms. The first kappa shape index (κ1) is 7.82. The summed E-state index contributed by atoms with van der Waals surface area (Å²) in [5, 5.41) is 17.8. The molecule has 0 aliphatic heterocycles. The number of hydrogen-bond acceptors (Lipinski definition) is 2. The lowest BCUT2D eigenvalue weighted by atomic mass is 9.82. The highest BCUT2D eigenvalue weighted by molar-refractivity contribution is 5.14. The van der Waals surface area contributed by atoms with Gasteiger partial charge in [-0.1, -0.05) is 12.2 Å². The zero-order chi connectivity index (χ0) is 8.55. The first-order valence-electron chi connectivity index (χ1n) is 4.53. The van der Waals surface area contributed by atoms with Gasteiger partial charge >= 0.3 is 0 Å². The van der Waals surface area contributed by atoms with Crippen molar-refractivity contribution in [3.8, 4) is 6.07 Å². The van der Waals surface area contributed by atoms with Gasteiger partial charge in [-0.25, -0.2) is 0 Å². The molecule has 1 fully saturated rings. The molecule has 0 heterocycles. The molecule has 2 nitrogen and oxygen atoms in total. The van der Waals surface area contributed by atoms with Crippen LogP contribution in [0.3, 0.4) is 0 Å². The lowest BCUT2D eigenvalue weighted by Gasteiger charge is -2.23. The molecular formula is C10H13NO. The van der Waals surface area contributed by atoms with E-state index in [1.54, 1.807) is 0 Å². The van der Waals surface area contributed by atoms with E-state index in [2.05, 4.69) is 18.2 Å². The van der Waals surface area contributed by atoms with Crippen LogP contribution in [0.15, 0.2) is 12.2 Å². The van der Waals surface area contributed by atoms with Gasteiger partial charge in [-0.3, -0.25) is 0 Å². The third kappa shape index (κ3) is 0.971. The maximum absolute atomic E-state index is 9.14. The fourth-order valence-corrected chi connectivity index (χ4v) is 2.71. The zero-order valence-electron chi connectivity index (χ0n) is 6.98. The van der Waals surface area contributed by atoms with Crippen molar-refractivity contribution < 1.29 is 5.11 Å². The lowest BCUT2D eigenvalue weighted by molar-refractivity contribution is 0.165. The fourth-order valence-electron chi connectivity index (χ4n) is 2.71. The highest BCUT2D eigenvalue weighted by Gasteiger charge is 2.43. The number of nitriles is 1. The molecule has 2 aliphatic carbocycles. The Hall–Kier alpha value is -0.810. The summed E-state index contributed by atoms with van der Waals surface area (Å²) in [5.74, 6) is 1.92. The molecule has 12 heavy (non-hydrogen) atoms. The second-order valence-corrected chi connectivity index (χ2v) is 3.82. The van der Waals surface area contributed by atoms with Crippen molar-refractivity contribution in [1.29, 1.82) is 5.26 Å². The summed E-state index contributed by atoms with van der Waals surface area (Å²) >= 11 is 0. The van der Waals surface area contributed by atoms with Crippen LogP contribution in [0.25, 0.3) is 0 Å². The van der Waals surface area contributed by atoms with E-state index in [1.807, 2.05) is 0 Å². The van der Waals surface area contributed by atoms with Gasteiger partial charge in [-0.05, 0) is 30.1 Å². The van der Waals surface area contributed by atoms with Crippen LogP contribution in [-0.2, 0) is 0 Å². The number of allylic oxidation sites excluding steroid dienone is 2. The molecule has 4 atom stereocenters. The third-order valence-electron chi connectivity index (χ3n) is 3.34. The van der Waals surface area contributed by atoms with Crippen molar-refractivity contribution in [1.82, 2.24) is 0 Å². The highest BCUT2D eigenvalue weighted by atomic mass is 16.3. The number of hydrogen-bond donors (Lipinski definition) is 1. The Morgan fingerprint density at radius 2 is 2.00 bits per heavy atom. The van der Waals surface area contributed by atoms with Crippen molar-refractivity contribution in [3.05, 3.63) is 12.2 Å². The van der Waals surface area contributed by atoms with Gasteiger partial charge in [0.2, 0.25) is 0 Å². The lowest BCUT2D eigenvalue weighted by Crippen LogP contribution is -2.22. The molecule has 0 amide bonds. The van der Waals surface area contributed by atoms with E-state index < -0.39 is 0 Å². The van der Waals surface area contributed by atoms with E-state index in [-0.39, 0.29) is 6.61 Å². The van der Waals surface area contributed by atoms with Gasteiger partial charge < -0.3 is 5.11 Å². The zero-order valence-corrected chi connectivity index (χ0v) is 6.98. The minimum Gasteiger partial charge on any atom is -0.396 e. The second kappa shape index (κ2) is 2.91. The van der Waals surface area contributed by atoms with Gasteiger partial charge in [0, 0.05) is 13.0 Å². The second-order valence-electron chi connectivity index (χ2n) is 3.82. The summed E-state index contributed by atoms with van der Waals surface area (Å²) in [5.41, 5.74) is 0. The maximum Gasteiger partial charge on any atom is 0.0625 e. The Morgan fingerprint density at radius 3 is 2.58 bits per heavy atom. The molecule has 0 aromatic heterocycles. The Bertz CT molecular complexity index is 241. The Balaban J connectivity index is 2.13. The van der Waals surface area contributed by atoms with Crippen molar-refractivity contribution in [2.75, 3.05) is 6.61 Å². The van der Waals surface area contributed by atoms with Gasteiger partial charge in [0.05, 0.1) is 6.07 Å². The highest BCUT2D eigenvalue weighted by Crippen LogP contribution is 2.48. The summed E-state index contributed by atoms with van der Waals surface area (Å²) in [7, 11) is 0. The van der Waals surface area contributed by atoms with E-state index in [1.165, 1.54) is 0 Å². The van der Waals surface area contributed by atoms with Gasteiger partial charge in [0.25, 0.3) is 0 Å². The Morgan fingerprint density at radius 1 is 1.33 bits per heavy atom. The van der Waals surface area contributed by atoms with Crippen LogP contribution in [-0.4, -0.2) is 11.7 Å². The van der Waals surface area contributed by atoms with Crippen molar-refractivity contribution in [2.24, 2.45) is 23.7 Å². The van der Waals surface area contributed by atoms with Gasteiger partial charge in [-0.2, -0.15) is 5.26 Å². The van der Waals surface area contributed by atoms with Gasteiger partial charge in [0.15, 0.2) is 0 Å². The summed E-state index contributed by atoms with van der Waals surface area (Å²) < 4.78 is 0. The third-order valence-corrected chi connectivity index (χ3v) is 3.34. The Kier molecular flexibility index (Phi) is 1.90. The molecule has 1 saturated carbocycles. The molecule has 0 radical (unpaired) electrons. The van der Waals surface area contributed by atoms with Crippen LogP contribution in [0.1, 0.15) is 12.8 Å². The predicted molar refractivity (Wildman–Crippen MR) is 45.0 cm³/mol. The minimum absolute atomic E-state index is 0.248. The quantitative estimate of drug-likeness (QED) is 0.624. The minimum atomic E-state index is 0.248. The standard InChI is InChI=1S/C10H13NO/c11-4-3-9-7-1-2-8(5-7)10(9)6-12/h1-2,7-10,12H,3,5-6H2/t7-,8+,9-,10-/m0/s1. The van der Waals surface area contributed by atoms with Crippen molar-refractivity contribution in [2.45, 2.75) is 12.8 Å². The van der Waals surface area contributed by atoms with Gasteiger partial charge in [0.1, 0.15) is 0 Å². The van der Waals surface area contributed by atoms with E-state index in [0.29, 0.717) is 30.1 Å². The molecule has 2 bridgehead atoms. The smallest absolute Gasteiger partial charge is 0.0625 e. The molecule has 0 aromatic rings. The topological polar surface area (TPSA) is 44.0 Å². The SMILES string of the molecule is N#CC[C@@H]1[C@@H](CO)[C@@H]2C=C[C@H]1C2. The van der Waals surface area contributed by atoms with Crippen LogP contribution in [0.5, 0.6) is 0 Å². The van der Waals surface area contributed by atoms with E-state index in [9.17, 15) is 0 Å². The van der Waals surface area contributed by atoms with Crippen molar-refractivity contribution in [3.63, 3.8) is 0 Å². The van der Waals surface area contributed by atoms with Crippen LogP contribution in [0.2, 0.25) is 0 Å². The molecule has 1 N–H and O–H groups in total. The monoisotopic (exact) mass is 163 g/mol. The van der Waals surface area contributed by atoms with Crippen LogP contribution in [0, 0.1) is 35.0 Å². The fraction of sp³-hybridized carbons (Fsp3) is 0.700. The molecule has 0 unspecified atom stereocenters. The molecule has 2 rings (SSSR count). The van der Waals surface area contributed by atoms with Crippen LogP contribution >= 0.6 is 0 Å². The molecule has 0 aromatic carbocycles. The first-order chi connectivity index (χ1) is 5.86. The summed E-state index contributed by atoms with van der Waals surface area (Å²) in [6.45, 7) is 0.248. The van der Waals surface area contributed by atoms with Crippen LogP contribution < -0.4 is 0 Å². The molecule has 0 saturated heterocycles. The number of aliphatic hydroxyl groups excluding tert-OH is 1. The van der Waals surface area contributed by atoms with Crippen molar-refractivity contribution >= 4 is 0 Å².